The second-order valence-corrected chi connectivity index (χ2v) is 8.45. The maximum Gasteiger partial charge on any atom is 0.257 e. The topological polar surface area (TPSA) is 97.1 Å². The molecule has 1 saturated carbocycles. The fourth-order valence-electron chi connectivity index (χ4n) is 4.21. The minimum Gasteiger partial charge on any atom is -0.507 e. The molecule has 1 aromatic heterocycles. The first kappa shape index (κ1) is 19.9. The number of carbonyl (C=O) groups is 1. The number of pyridine rings is 1. The van der Waals surface area contributed by atoms with Crippen molar-refractivity contribution in [1.82, 2.24) is 14.8 Å². The van der Waals surface area contributed by atoms with Gasteiger partial charge in [-0.1, -0.05) is 18.2 Å². The molecule has 7 nitrogen and oxygen atoms in total. The van der Waals surface area contributed by atoms with Crippen LogP contribution in [0.4, 0.5) is 0 Å². The average Bonchev–Trinajstić information content (AvgIpc) is 3.56. The van der Waals surface area contributed by atoms with Crippen molar-refractivity contribution < 1.29 is 20.1 Å². The Morgan fingerprint density at radius 1 is 1.00 bits per heavy atom. The monoisotopic (exact) mass is 419 g/mol. The van der Waals surface area contributed by atoms with Gasteiger partial charge in [0.2, 0.25) is 0 Å². The van der Waals surface area contributed by atoms with Gasteiger partial charge in [-0.25, -0.2) is 0 Å². The van der Waals surface area contributed by atoms with Gasteiger partial charge in [-0.2, -0.15) is 0 Å². The third-order valence-electron chi connectivity index (χ3n) is 6.35. The fourth-order valence-corrected chi connectivity index (χ4v) is 4.21. The van der Waals surface area contributed by atoms with Crippen molar-refractivity contribution in [3.05, 3.63) is 60.3 Å². The second kappa shape index (κ2) is 7.60. The molecular weight excluding hydrogens is 394 g/mol. The van der Waals surface area contributed by atoms with Crippen LogP contribution < -0.4 is 0 Å². The number of aromatic nitrogens is 1. The predicted octanol–water partition coefficient (Wildman–Crippen LogP) is 2.21. The number of piperazine rings is 1. The molecule has 0 radical (unpaired) electrons. The number of aromatic hydroxyl groups is 1. The van der Waals surface area contributed by atoms with Gasteiger partial charge in [0.1, 0.15) is 17.6 Å². The summed E-state index contributed by atoms with van der Waals surface area (Å²) in [6.45, 7) is 1.84. The zero-order valence-electron chi connectivity index (χ0n) is 17.1. The second-order valence-electron chi connectivity index (χ2n) is 8.45. The van der Waals surface area contributed by atoms with Crippen LogP contribution in [0.1, 0.15) is 23.2 Å². The van der Waals surface area contributed by atoms with Crippen molar-refractivity contribution in [1.29, 1.82) is 0 Å². The van der Waals surface area contributed by atoms with E-state index in [2.05, 4.69) is 4.98 Å². The molecule has 5 rings (SSSR count). The van der Waals surface area contributed by atoms with Gasteiger partial charge < -0.3 is 20.2 Å². The molecule has 3 N–H and O–H groups in total. The standard InChI is InChI=1S/C24H25N3O4/c28-21-15-17(16-4-6-20-18(14-16)2-1-9-25-20)3-5-19(21)22(29)26-10-12-27(13-11-26)23(30)24(31)7-8-24/h1-6,9,14-15,23,28,30-31H,7-8,10-13H2. The van der Waals surface area contributed by atoms with E-state index in [-0.39, 0.29) is 17.2 Å². The zero-order chi connectivity index (χ0) is 21.6. The average molecular weight is 419 g/mol. The van der Waals surface area contributed by atoms with E-state index >= 15 is 0 Å². The molecule has 31 heavy (non-hydrogen) atoms. The minimum atomic E-state index is -0.987. The molecule has 1 aliphatic carbocycles. The first-order valence-electron chi connectivity index (χ1n) is 10.6. The molecule has 0 bridgehead atoms. The molecule has 7 heteroatoms. The van der Waals surface area contributed by atoms with Crippen molar-refractivity contribution in [2.75, 3.05) is 26.2 Å². The molecule has 2 fully saturated rings. The van der Waals surface area contributed by atoms with Crippen LogP contribution in [0.3, 0.4) is 0 Å². The number of fused-ring (bicyclic) bond motifs is 1. The summed E-state index contributed by atoms with van der Waals surface area (Å²) in [5.41, 5.74) is 1.95. The van der Waals surface area contributed by atoms with Crippen molar-refractivity contribution in [3.63, 3.8) is 0 Å². The summed E-state index contributed by atoms with van der Waals surface area (Å²) in [7, 11) is 0. The lowest BCUT2D eigenvalue weighted by atomic mass is 10.0. The third kappa shape index (κ3) is 3.76. The van der Waals surface area contributed by atoms with E-state index in [1.807, 2.05) is 41.3 Å². The van der Waals surface area contributed by atoms with Crippen LogP contribution in [0.2, 0.25) is 0 Å². The summed E-state index contributed by atoms with van der Waals surface area (Å²) in [5, 5.41) is 32.0. The highest BCUT2D eigenvalue weighted by atomic mass is 16.4. The maximum absolute atomic E-state index is 13.0. The van der Waals surface area contributed by atoms with Crippen LogP contribution in [0.25, 0.3) is 22.0 Å². The molecule has 1 atom stereocenters. The van der Waals surface area contributed by atoms with Gasteiger partial charge in [0.25, 0.3) is 5.91 Å². The lowest BCUT2D eigenvalue weighted by Gasteiger charge is -2.38. The lowest BCUT2D eigenvalue weighted by Crippen LogP contribution is -2.55. The first-order chi connectivity index (χ1) is 14.9. The van der Waals surface area contributed by atoms with Crippen LogP contribution in [-0.2, 0) is 0 Å². The molecule has 1 amide bonds. The summed E-state index contributed by atoms with van der Waals surface area (Å²) in [6, 6.07) is 14.9. The molecule has 0 spiro atoms. The summed E-state index contributed by atoms with van der Waals surface area (Å²) in [5.74, 6) is -0.283. The number of benzene rings is 2. The van der Waals surface area contributed by atoms with Crippen LogP contribution >= 0.6 is 0 Å². The Morgan fingerprint density at radius 3 is 2.42 bits per heavy atom. The highest BCUT2D eigenvalue weighted by Crippen LogP contribution is 2.40. The van der Waals surface area contributed by atoms with E-state index < -0.39 is 11.8 Å². The molecule has 2 aliphatic rings. The van der Waals surface area contributed by atoms with Gasteiger partial charge in [0.05, 0.1) is 11.1 Å². The minimum absolute atomic E-state index is 0.0523. The van der Waals surface area contributed by atoms with Gasteiger partial charge in [0.15, 0.2) is 0 Å². The van der Waals surface area contributed by atoms with Gasteiger partial charge in [-0.05, 0) is 54.3 Å². The maximum atomic E-state index is 13.0. The Labute approximate surface area is 180 Å². The third-order valence-corrected chi connectivity index (χ3v) is 6.35. The Balaban J connectivity index is 1.30. The van der Waals surface area contributed by atoms with Gasteiger partial charge in [-0.15, -0.1) is 0 Å². The Bertz CT molecular complexity index is 1140. The molecule has 160 valence electrons. The number of aliphatic hydroxyl groups is 2. The van der Waals surface area contributed by atoms with E-state index in [0.717, 1.165) is 22.0 Å². The number of phenolic OH excluding ortho intramolecular Hbond substituents is 1. The quantitative estimate of drug-likeness (QED) is 0.600. The largest absolute Gasteiger partial charge is 0.507 e. The lowest BCUT2D eigenvalue weighted by molar-refractivity contribution is -0.108. The number of nitrogens with zero attached hydrogens (tertiary/aromatic N) is 3. The van der Waals surface area contributed by atoms with Crippen LogP contribution in [-0.4, -0.2) is 74.0 Å². The first-order valence-corrected chi connectivity index (χ1v) is 10.6. The molecule has 1 saturated heterocycles. The number of hydrogen-bond acceptors (Lipinski definition) is 6. The zero-order valence-corrected chi connectivity index (χ0v) is 17.1. The molecule has 1 unspecified atom stereocenters. The predicted molar refractivity (Wildman–Crippen MR) is 117 cm³/mol. The number of amides is 1. The van der Waals surface area contributed by atoms with Crippen molar-refractivity contribution in [2.45, 2.75) is 24.7 Å². The number of rotatable bonds is 4. The van der Waals surface area contributed by atoms with E-state index in [1.54, 1.807) is 23.2 Å². The Hall–Kier alpha value is -3.00. The SMILES string of the molecule is O=C(c1ccc(-c2ccc3ncccc3c2)cc1O)N1CCN(C(O)C2(O)CC2)CC1. The molecular formula is C24H25N3O4. The van der Waals surface area contributed by atoms with Crippen molar-refractivity contribution in [3.8, 4) is 16.9 Å². The van der Waals surface area contributed by atoms with Crippen molar-refractivity contribution in [2.24, 2.45) is 0 Å². The number of carbonyl (C=O) groups excluding carboxylic acids is 1. The van der Waals surface area contributed by atoms with Gasteiger partial charge >= 0.3 is 0 Å². The molecule has 2 aromatic carbocycles. The van der Waals surface area contributed by atoms with E-state index in [0.29, 0.717) is 39.0 Å². The summed E-state index contributed by atoms with van der Waals surface area (Å²) >= 11 is 0. The Morgan fingerprint density at radius 2 is 1.71 bits per heavy atom. The Kier molecular flexibility index (Phi) is 4.89. The molecule has 2 heterocycles. The van der Waals surface area contributed by atoms with Gasteiger partial charge in [0, 0.05) is 37.8 Å². The highest BCUT2D eigenvalue weighted by Gasteiger charge is 2.50. The van der Waals surface area contributed by atoms with Crippen LogP contribution in [0, 0.1) is 0 Å². The molecule has 1 aliphatic heterocycles. The number of hydrogen-bond donors (Lipinski definition) is 3. The fraction of sp³-hybridized carbons (Fsp3) is 0.333. The van der Waals surface area contributed by atoms with E-state index in [1.165, 1.54) is 0 Å². The highest BCUT2D eigenvalue weighted by molar-refractivity contribution is 5.98. The van der Waals surface area contributed by atoms with E-state index in [4.69, 9.17) is 0 Å². The smallest absolute Gasteiger partial charge is 0.257 e. The normalized spacial score (nSPS) is 19.4. The van der Waals surface area contributed by atoms with Crippen LogP contribution in [0.15, 0.2) is 54.7 Å². The van der Waals surface area contributed by atoms with Gasteiger partial charge in [-0.3, -0.25) is 14.7 Å². The van der Waals surface area contributed by atoms with Crippen LogP contribution in [0.5, 0.6) is 5.75 Å². The molecule has 3 aromatic rings. The summed E-state index contributed by atoms with van der Waals surface area (Å²) in [4.78, 5) is 20.8. The summed E-state index contributed by atoms with van der Waals surface area (Å²) in [6.07, 6.45) is 2.10. The number of phenols is 1. The number of aliphatic hydroxyl groups excluding tert-OH is 1. The summed E-state index contributed by atoms with van der Waals surface area (Å²) < 4.78 is 0. The van der Waals surface area contributed by atoms with E-state index in [9.17, 15) is 20.1 Å². The van der Waals surface area contributed by atoms with Crippen molar-refractivity contribution >= 4 is 16.8 Å².